The van der Waals surface area contributed by atoms with E-state index in [4.69, 9.17) is 4.52 Å². The molecular weight excluding hydrogens is 272 g/mol. The van der Waals surface area contributed by atoms with E-state index in [0.717, 1.165) is 12.8 Å². The molecule has 0 N–H and O–H groups in total. The number of carbonyl (C=O) groups is 2. The summed E-state index contributed by atoms with van der Waals surface area (Å²) in [5, 5.41) is 3.87. The van der Waals surface area contributed by atoms with Crippen molar-refractivity contribution in [2.45, 2.75) is 39.0 Å². The monoisotopic (exact) mass is 296 g/mol. The number of hydrogen-bond acceptors (Lipinski definition) is 5. The van der Waals surface area contributed by atoms with E-state index in [1.165, 1.54) is 9.80 Å². The van der Waals surface area contributed by atoms with Crippen LogP contribution in [0.5, 0.6) is 0 Å². The smallest absolute Gasteiger partial charge is 0.241 e. The molecule has 1 heterocycles. The quantitative estimate of drug-likeness (QED) is 0.712. The Balaban J connectivity index is 2.30. The summed E-state index contributed by atoms with van der Waals surface area (Å²) in [6.45, 7) is 2.16. The molecule has 0 aromatic carbocycles. The van der Waals surface area contributed by atoms with Gasteiger partial charge in [-0.1, -0.05) is 12.1 Å². The van der Waals surface area contributed by atoms with Crippen molar-refractivity contribution < 1.29 is 14.1 Å². The molecule has 0 saturated carbocycles. The summed E-state index contributed by atoms with van der Waals surface area (Å²) in [5.74, 6) is 1.14. The maximum atomic E-state index is 11.9. The molecule has 0 atom stereocenters. The molecule has 1 aromatic rings. The van der Waals surface area contributed by atoms with Gasteiger partial charge in [0.25, 0.3) is 0 Å². The third-order valence-corrected chi connectivity index (χ3v) is 3.06. The predicted octanol–water partition coefficient (Wildman–Crippen LogP) is 0.891. The van der Waals surface area contributed by atoms with Crippen LogP contribution in [0.15, 0.2) is 4.52 Å². The van der Waals surface area contributed by atoms with Gasteiger partial charge >= 0.3 is 0 Å². The molecule has 0 aliphatic rings. The Bertz CT molecular complexity index is 471. The highest BCUT2D eigenvalue weighted by molar-refractivity contribution is 5.84. The molecule has 0 aliphatic heterocycles. The first kappa shape index (κ1) is 17.1. The van der Waals surface area contributed by atoms with E-state index >= 15 is 0 Å². The predicted molar refractivity (Wildman–Crippen MR) is 77.6 cm³/mol. The number of amides is 2. The van der Waals surface area contributed by atoms with Crippen molar-refractivity contribution in [1.82, 2.24) is 19.9 Å². The third-order valence-electron chi connectivity index (χ3n) is 3.06. The van der Waals surface area contributed by atoms with Crippen LogP contribution in [0.3, 0.4) is 0 Å². The van der Waals surface area contributed by atoms with Crippen molar-refractivity contribution in [3.63, 3.8) is 0 Å². The molecule has 7 nitrogen and oxygen atoms in total. The highest BCUT2D eigenvalue weighted by Gasteiger charge is 2.14. The number of aromatic nitrogens is 2. The van der Waals surface area contributed by atoms with Crippen molar-refractivity contribution >= 4 is 11.8 Å². The molecule has 7 heteroatoms. The average molecular weight is 296 g/mol. The number of rotatable bonds is 8. The maximum absolute atomic E-state index is 11.9. The van der Waals surface area contributed by atoms with E-state index in [0.29, 0.717) is 31.0 Å². The second-order valence-electron chi connectivity index (χ2n) is 5.25. The summed E-state index contributed by atoms with van der Waals surface area (Å²) >= 11 is 0. The van der Waals surface area contributed by atoms with Gasteiger partial charge in [0.15, 0.2) is 5.82 Å². The average Bonchev–Trinajstić information content (AvgIpc) is 2.86. The molecule has 0 fully saturated rings. The van der Waals surface area contributed by atoms with Gasteiger partial charge in [-0.2, -0.15) is 4.98 Å². The summed E-state index contributed by atoms with van der Waals surface area (Å²) in [5.41, 5.74) is 0. The molecule has 0 unspecified atom stereocenters. The lowest BCUT2D eigenvalue weighted by Gasteiger charge is -2.19. The van der Waals surface area contributed by atoms with E-state index in [-0.39, 0.29) is 18.4 Å². The Kier molecular flexibility index (Phi) is 6.84. The van der Waals surface area contributed by atoms with Crippen LogP contribution < -0.4 is 0 Å². The topological polar surface area (TPSA) is 79.5 Å². The minimum Gasteiger partial charge on any atom is -0.347 e. The molecule has 0 spiro atoms. The lowest BCUT2D eigenvalue weighted by atomic mass is 10.2. The number of nitrogens with zero attached hydrogens (tertiary/aromatic N) is 4. The zero-order valence-electron chi connectivity index (χ0n) is 13.3. The lowest BCUT2D eigenvalue weighted by Crippen LogP contribution is -2.37. The molecule has 118 valence electrons. The summed E-state index contributed by atoms with van der Waals surface area (Å²) in [7, 11) is 4.98. The van der Waals surface area contributed by atoms with Crippen molar-refractivity contribution in [3.8, 4) is 0 Å². The van der Waals surface area contributed by atoms with Crippen LogP contribution >= 0.6 is 0 Å². The van der Waals surface area contributed by atoms with Crippen LogP contribution in [0.4, 0.5) is 0 Å². The van der Waals surface area contributed by atoms with E-state index < -0.39 is 0 Å². The molecule has 0 saturated heterocycles. The Labute approximate surface area is 125 Å². The van der Waals surface area contributed by atoms with E-state index in [1.54, 1.807) is 21.1 Å². The van der Waals surface area contributed by atoms with E-state index in [2.05, 4.69) is 17.1 Å². The fourth-order valence-corrected chi connectivity index (χ4v) is 1.73. The van der Waals surface area contributed by atoms with Crippen LogP contribution in [-0.4, -0.2) is 59.4 Å². The first-order valence-electron chi connectivity index (χ1n) is 7.19. The van der Waals surface area contributed by atoms with Crippen LogP contribution in [0.25, 0.3) is 0 Å². The molecule has 21 heavy (non-hydrogen) atoms. The first-order valence-corrected chi connectivity index (χ1v) is 7.19. The van der Waals surface area contributed by atoms with Crippen molar-refractivity contribution in [1.29, 1.82) is 0 Å². The van der Waals surface area contributed by atoms with Crippen LogP contribution in [0.2, 0.25) is 0 Å². The highest BCUT2D eigenvalue weighted by Crippen LogP contribution is 2.06. The SMILES string of the molecule is CCCc1noc(CCCC(=O)N(C)CC(=O)N(C)C)n1. The van der Waals surface area contributed by atoms with Crippen molar-refractivity contribution in [2.24, 2.45) is 0 Å². The maximum Gasteiger partial charge on any atom is 0.241 e. The summed E-state index contributed by atoms with van der Waals surface area (Å²) in [6.07, 6.45) is 3.35. The molecule has 1 rings (SSSR count). The Morgan fingerprint density at radius 3 is 2.48 bits per heavy atom. The number of aryl methyl sites for hydroxylation is 2. The normalized spacial score (nSPS) is 10.5. The third kappa shape index (κ3) is 5.93. The Morgan fingerprint density at radius 1 is 1.14 bits per heavy atom. The molecule has 1 aromatic heterocycles. The van der Waals surface area contributed by atoms with E-state index in [1.807, 2.05) is 0 Å². The van der Waals surface area contributed by atoms with Crippen LogP contribution in [-0.2, 0) is 22.4 Å². The zero-order chi connectivity index (χ0) is 15.8. The fraction of sp³-hybridized carbons (Fsp3) is 0.714. The number of carbonyl (C=O) groups excluding carboxylic acids is 2. The van der Waals surface area contributed by atoms with Crippen molar-refractivity contribution in [2.75, 3.05) is 27.7 Å². The molecule has 0 radical (unpaired) electrons. The molecular formula is C14H24N4O3. The van der Waals surface area contributed by atoms with Gasteiger partial charge in [0.1, 0.15) is 0 Å². The number of hydrogen-bond donors (Lipinski definition) is 0. The van der Waals surface area contributed by atoms with Gasteiger partial charge in [0.2, 0.25) is 17.7 Å². The molecule has 0 aliphatic carbocycles. The Morgan fingerprint density at radius 2 is 1.86 bits per heavy atom. The Hall–Kier alpha value is -1.92. The van der Waals surface area contributed by atoms with Gasteiger partial charge in [-0.05, 0) is 12.8 Å². The lowest BCUT2D eigenvalue weighted by molar-refractivity contribution is -0.138. The summed E-state index contributed by atoms with van der Waals surface area (Å²) in [4.78, 5) is 30.6. The molecule has 2 amide bonds. The van der Waals surface area contributed by atoms with Gasteiger partial charge in [-0.15, -0.1) is 0 Å². The summed E-state index contributed by atoms with van der Waals surface area (Å²) in [6, 6.07) is 0. The minimum atomic E-state index is -0.0908. The minimum absolute atomic E-state index is 0.0569. The van der Waals surface area contributed by atoms with Crippen LogP contribution in [0, 0.1) is 0 Å². The van der Waals surface area contributed by atoms with Gasteiger partial charge < -0.3 is 14.3 Å². The second kappa shape index (κ2) is 8.39. The zero-order valence-corrected chi connectivity index (χ0v) is 13.3. The fourth-order valence-electron chi connectivity index (χ4n) is 1.73. The van der Waals surface area contributed by atoms with Gasteiger partial charge in [-0.3, -0.25) is 9.59 Å². The van der Waals surface area contributed by atoms with Crippen LogP contribution in [0.1, 0.15) is 37.9 Å². The second-order valence-corrected chi connectivity index (χ2v) is 5.25. The van der Waals surface area contributed by atoms with Gasteiger partial charge in [0.05, 0.1) is 6.54 Å². The standard InChI is InChI=1S/C14H24N4O3/c1-5-7-11-15-12(21-16-11)8-6-9-13(19)18(4)10-14(20)17(2)3/h5-10H2,1-4H3. The molecule has 0 bridgehead atoms. The van der Waals surface area contributed by atoms with Gasteiger partial charge in [0, 0.05) is 40.4 Å². The van der Waals surface area contributed by atoms with Gasteiger partial charge in [-0.25, -0.2) is 0 Å². The first-order chi connectivity index (χ1) is 9.93. The summed E-state index contributed by atoms with van der Waals surface area (Å²) < 4.78 is 5.11. The highest BCUT2D eigenvalue weighted by atomic mass is 16.5. The largest absolute Gasteiger partial charge is 0.347 e. The van der Waals surface area contributed by atoms with E-state index in [9.17, 15) is 9.59 Å². The van der Waals surface area contributed by atoms with Crippen molar-refractivity contribution in [3.05, 3.63) is 11.7 Å². The number of likely N-dealkylation sites (N-methyl/N-ethyl adjacent to an activating group) is 2.